The molecular weight excluding hydrogens is 374 g/mol. The Morgan fingerprint density at radius 3 is 2.41 bits per heavy atom. The highest BCUT2D eigenvalue weighted by Gasteiger charge is 2.35. The van der Waals surface area contributed by atoms with Gasteiger partial charge >= 0.3 is 6.03 Å². The Labute approximate surface area is 155 Å². The Balaban J connectivity index is 2.17. The van der Waals surface area contributed by atoms with Crippen molar-refractivity contribution in [1.82, 2.24) is 9.97 Å². The molecule has 27 heavy (non-hydrogen) atoms. The lowest BCUT2D eigenvalue weighted by atomic mass is 10.2. The Hall–Kier alpha value is -3.21. The molecular formula is C16H17N5O5S. The normalized spacial score (nSPS) is 13.9. The van der Waals surface area contributed by atoms with E-state index in [1.54, 1.807) is 26.0 Å². The van der Waals surface area contributed by atoms with Gasteiger partial charge in [0, 0.05) is 11.4 Å². The lowest BCUT2D eigenvalue weighted by molar-refractivity contribution is 0.0653. The molecule has 0 atom stereocenters. The van der Waals surface area contributed by atoms with E-state index in [0.717, 1.165) is 0 Å². The van der Waals surface area contributed by atoms with Gasteiger partial charge in [-0.3, -0.25) is 0 Å². The van der Waals surface area contributed by atoms with Crippen molar-refractivity contribution in [3.05, 3.63) is 47.3 Å². The van der Waals surface area contributed by atoms with Crippen molar-refractivity contribution in [3.63, 3.8) is 0 Å². The zero-order valence-corrected chi connectivity index (χ0v) is 15.4. The van der Waals surface area contributed by atoms with Crippen LogP contribution in [0.15, 0.2) is 40.4 Å². The quantitative estimate of drug-likeness (QED) is 0.823. The SMILES string of the molecule is Cc1cc(C)nc(N(C(N)=O)S(=O)(=O)c2ccccc2C2=NOCCO2)n1. The third-order valence-electron chi connectivity index (χ3n) is 3.55. The number of oxime groups is 1. The molecule has 0 radical (unpaired) electrons. The van der Waals surface area contributed by atoms with E-state index in [2.05, 4.69) is 15.1 Å². The summed E-state index contributed by atoms with van der Waals surface area (Å²) >= 11 is 0. The summed E-state index contributed by atoms with van der Waals surface area (Å²) in [6.45, 7) is 3.77. The van der Waals surface area contributed by atoms with Gasteiger partial charge in [0.1, 0.15) is 11.5 Å². The zero-order valence-electron chi connectivity index (χ0n) is 14.6. The second-order valence-electron chi connectivity index (χ2n) is 5.63. The Morgan fingerprint density at radius 2 is 1.81 bits per heavy atom. The molecule has 0 fully saturated rings. The lowest BCUT2D eigenvalue weighted by Gasteiger charge is -2.21. The molecule has 3 rings (SSSR count). The van der Waals surface area contributed by atoms with Gasteiger partial charge in [-0.25, -0.2) is 23.2 Å². The van der Waals surface area contributed by atoms with Crippen LogP contribution >= 0.6 is 0 Å². The Kier molecular flexibility index (Phi) is 4.95. The number of aryl methyl sites for hydroxylation is 2. The van der Waals surface area contributed by atoms with E-state index in [1.807, 2.05) is 0 Å². The highest BCUT2D eigenvalue weighted by atomic mass is 32.2. The van der Waals surface area contributed by atoms with Crippen LogP contribution in [-0.4, -0.2) is 43.5 Å². The third-order valence-corrected chi connectivity index (χ3v) is 5.28. The molecule has 0 unspecified atom stereocenters. The number of carbonyl (C=O) groups excluding carboxylic acids is 1. The van der Waals surface area contributed by atoms with Crippen LogP contribution in [-0.2, 0) is 19.6 Å². The van der Waals surface area contributed by atoms with E-state index in [9.17, 15) is 13.2 Å². The van der Waals surface area contributed by atoms with Crippen LogP contribution in [0.5, 0.6) is 0 Å². The van der Waals surface area contributed by atoms with E-state index < -0.39 is 16.1 Å². The van der Waals surface area contributed by atoms with Crippen LogP contribution in [0.4, 0.5) is 10.7 Å². The molecule has 2 N–H and O–H groups in total. The van der Waals surface area contributed by atoms with Crippen molar-refractivity contribution in [2.24, 2.45) is 10.9 Å². The predicted octanol–water partition coefficient (Wildman–Crippen LogP) is 1.08. The van der Waals surface area contributed by atoms with Gasteiger partial charge in [-0.15, -0.1) is 4.31 Å². The summed E-state index contributed by atoms with van der Waals surface area (Å²) in [7, 11) is -4.45. The minimum atomic E-state index is -4.45. The molecule has 142 valence electrons. The van der Waals surface area contributed by atoms with Crippen molar-refractivity contribution < 1.29 is 22.8 Å². The minimum Gasteiger partial charge on any atom is -0.471 e. The first kappa shape index (κ1) is 18.6. The maximum Gasteiger partial charge on any atom is 0.336 e. The van der Waals surface area contributed by atoms with Gasteiger partial charge in [0.05, 0.1) is 5.56 Å². The number of sulfonamides is 1. The van der Waals surface area contributed by atoms with E-state index in [0.29, 0.717) is 15.7 Å². The number of rotatable bonds is 4. The van der Waals surface area contributed by atoms with Crippen LogP contribution < -0.4 is 10.0 Å². The first-order chi connectivity index (χ1) is 12.8. The maximum atomic E-state index is 13.3. The smallest absolute Gasteiger partial charge is 0.336 e. The fraction of sp³-hybridized carbons (Fsp3) is 0.250. The number of ether oxygens (including phenoxy) is 1. The van der Waals surface area contributed by atoms with E-state index >= 15 is 0 Å². The van der Waals surface area contributed by atoms with Crippen LogP contribution in [0.3, 0.4) is 0 Å². The first-order valence-electron chi connectivity index (χ1n) is 7.90. The first-order valence-corrected chi connectivity index (χ1v) is 9.34. The molecule has 11 heteroatoms. The number of amides is 2. The summed E-state index contributed by atoms with van der Waals surface area (Å²) < 4.78 is 32.2. The highest BCUT2D eigenvalue weighted by molar-refractivity contribution is 7.93. The standard InChI is InChI=1S/C16H17N5O5S/c1-10-9-11(2)19-16(18-10)21(15(17)22)27(23,24)13-6-4-3-5-12(13)14-20-26-8-7-25-14/h3-6,9H,7-8H2,1-2H3,(H2,17,22). The minimum absolute atomic E-state index is 0.00816. The highest BCUT2D eigenvalue weighted by Crippen LogP contribution is 2.25. The van der Waals surface area contributed by atoms with Crippen molar-refractivity contribution in [1.29, 1.82) is 0 Å². The van der Waals surface area contributed by atoms with Crippen LogP contribution in [0, 0.1) is 13.8 Å². The third kappa shape index (κ3) is 3.67. The summed E-state index contributed by atoms with van der Waals surface area (Å²) in [5.41, 5.74) is 6.47. The van der Waals surface area contributed by atoms with Gasteiger partial charge in [-0.1, -0.05) is 12.1 Å². The number of anilines is 1. The van der Waals surface area contributed by atoms with Gasteiger partial charge in [0.25, 0.3) is 15.9 Å². The number of benzene rings is 1. The molecule has 1 aromatic heterocycles. The number of primary amides is 1. The summed E-state index contributed by atoms with van der Waals surface area (Å²) in [5, 5.41) is 3.74. The topological polar surface area (TPSA) is 137 Å². The van der Waals surface area contributed by atoms with Gasteiger partial charge in [-0.05, 0) is 37.2 Å². The van der Waals surface area contributed by atoms with Crippen LogP contribution in [0.25, 0.3) is 0 Å². The molecule has 2 aromatic rings. The second kappa shape index (κ2) is 7.19. The van der Waals surface area contributed by atoms with Gasteiger partial charge in [0.2, 0.25) is 5.95 Å². The molecule has 2 heterocycles. The molecule has 0 aliphatic carbocycles. The van der Waals surface area contributed by atoms with Gasteiger partial charge in [-0.2, -0.15) is 0 Å². The molecule has 2 amide bonds. The monoisotopic (exact) mass is 391 g/mol. The predicted molar refractivity (Wildman–Crippen MR) is 95.6 cm³/mol. The number of hydrogen-bond acceptors (Lipinski definition) is 8. The molecule has 0 saturated heterocycles. The Bertz CT molecular complexity index is 1000. The van der Waals surface area contributed by atoms with Gasteiger partial charge < -0.3 is 15.3 Å². The average Bonchev–Trinajstić information content (AvgIpc) is 2.61. The number of carbonyl (C=O) groups is 1. The van der Waals surface area contributed by atoms with Crippen LogP contribution in [0.2, 0.25) is 0 Å². The molecule has 1 aliphatic heterocycles. The summed E-state index contributed by atoms with van der Waals surface area (Å²) in [6, 6.07) is 6.31. The van der Waals surface area contributed by atoms with E-state index in [4.69, 9.17) is 15.3 Å². The second-order valence-corrected chi connectivity index (χ2v) is 7.39. The van der Waals surface area contributed by atoms with E-state index in [1.165, 1.54) is 18.2 Å². The number of urea groups is 1. The maximum absolute atomic E-state index is 13.3. The van der Waals surface area contributed by atoms with Gasteiger partial charge in [0.15, 0.2) is 6.61 Å². The number of aromatic nitrogens is 2. The summed E-state index contributed by atoms with van der Waals surface area (Å²) in [6.07, 6.45) is 0. The fourth-order valence-electron chi connectivity index (χ4n) is 2.52. The number of hydrogen-bond donors (Lipinski definition) is 1. The summed E-state index contributed by atoms with van der Waals surface area (Å²) in [5.74, 6) is -0.344. The molecule has 0 bridgehead atoms. The van der Waals surface area contributed by atoms with Crippen molar-refractivity contribution in [2.75, 3.05) is 17.5 Å². The van der Waals surface area contributed by atoms with Crippen molar-refractivity contribution in [3.8, 4) is 0 Å². The molecule has 10 nitrogen and oxygen atoms in total. The molecule has 1 aliphatic rings. The number of nitrogens with zero attached hydrogens (tertiary/aromatic N) is 4. The number of nitrogens with two attached hydrogens (primary N) is 1. The lowest BCUT2D eigenvalue weighted by Crippen LogP contribution is -2.42. The summed E-state index contributed by atoms with van der Waals surface area (Å²) in [4.78, 5) is 24.8. The average molecular weight is 391 g/mol. The largest absolute Gasteiger partial charge is 0.471 e. The van der Waals surface area contributed by atoms with Crippen molar-refractivity contribution in [2.45, 2.75) is 18.7 Å². The fourth-order valence-corrected chi connectivity index (χ4v) is 3.94. The Morgan fingerprint density at radius 1 is 1.15 bits per heavy atom. The van der Waals surface area contributed by atoms with E-state index in [-0.39, 0.29) is 35.5 Å². The zero-order chi connectivity index (χ0) is 19.6. The van der Waals surface area contributed by atoms with Crippen molar-refractivity contribution >= 4 is 27.9 Å². The molecule has 1 aromatic carbocycles. The van der Waals surface area contributed by atoms with Crippen LogP contribution in [0.1, 0.15) is 17.0 Å². The molecule has 0 saturated carbocycles. The molecule has 0 spiro atoms.